The number of carbonyl (C=O) groups is 1. The van der Waals surface area contributed by atoms with Crippen molar-refractivity contribution in [2.45, 2.75) is 6.18 Å². The molecule has 0 aliphatic carbocycles. The molecule has 4 aromatic rings. The number of alkyl halides is 3. The van der Waals surface area contributed by atoms with Crippen LogP contribution in [0.25, 0.3) is 16.9 Å². The zero-order chi connectivity index (χ0) is 23.7. The van der Waals surface area contributed by atoms with E-state index in [1.165, 1.54) is 41.0 Å². The van der Waals surface area contributed by atoms with E-state index in [-0.39, 0.29) is 22.6 Å². The Hall–Kier alpha value is -3.99. The summed E-state index contributed by atoms with van der Waals surface area (Å²) in [5, 5.41) is 7.00. The highest BCUT2D eigenvalue weighted by molar-refractivity contribution is 6.03. The molecule has 3 aromatic heterocycles. The Bertz CT molecular complexity index is 1350. The van der Waals surface area contributed by atoms with Crippen molar-refractivity contribution in [3.8, 4) is 11.3 Å². The molecule has 11 heteroatoms. The van der Waals surface area contributed by atoms with Crippen molar-refractivity contribution >= 4 is 23.2 Å². The summed E-state index contributed by atoms with van der Waals surface area (Å²) in [5.74, 6) is 0.539. The molecule has 174 valence electrons. The quantitative estimate of drug-likeness (QED) is 0.489. The molecule has 0 radical (unpaired) electrons. The average molecular weight is 468 g/mol. The maximum atomic E-state index is 13.5. The number of pyridine rings is 1. The Balaban J connectivity index is 1.45. The molecular formula is C23H19F3N6O2. The van der Waals surface area contributed by atoms with Gasteiger partial charge in [0, 0.05) is 30.9 Å². The number of nitrogens with one attached hydrogen (secondary N) is 1. The fraction of sp³-hybridized carbons (Fsp3) is 0.217. The van der Waals surface area contributed by atoms with Crippen LogP contribution in [0.15, 0.2) is 60.8 Å². The summed E-state index contributed by atoms with van der Waals surface area (Å²) >= 11 is 0. The van der Waals surface area contributed by atoms with Gasteiger partial charge in [-0.3, -0.25) is 4.79 Å². The summed E-state index contributed by atoms with van der Waals surface area (Å²) in [6, 6.07) is 13.3. The lowest BCUT2D eigenvalue weighted by Gasteiger charge is -2.28. The molecule has 1 aromatic carbocycles. The molecule has 1 aliphatic rings. The Kier molecular flexibility index (Phi) is 5.62. The van der Waals surface area contributed by atoms with Crippen molar-refractivity contribution in [1.82, 2.24) is 19.6 Å². The number of amides is 1. The summed E-state index contributed by atoms with van der Waals surface area (Å²) in [4.78, 5) is 23.7. The van der Waals surface area contributed by atoms with Crippen molar-refractivity contribution in [2.24, 2.45) is 0 Å². The maximum absolute atomic E-state index is 13.5. The lowest BCUT2D eigenvalue weighted by atomic mass is 10.0. The van der Waals surface area contributed by atoms with Gasteiger partial charge in [-0.1, -0.05) is 24.3 Å². The molecule has 34 heavy (non-hydrogen) atoms. The summed E-state index contributed by atoms with van der Waals surface area (Å²) in [5.41, 5.74) is -0.484. The number of nitrogens with zero attached hydrogens (tertiary/aromatic N) is 5. The predicted molar refractivity (Wildman–Crippen MR) is 119 cm³/mol. The normalized spacial score (nSPS) is 14.4. The van der Waals surface area contributed by atoms with Gasteiger partial charge < -0.3 is 15.0 Å². The Morgan fingerprint density at radius 3 is 2.62 bits per heavy atom. The first-order valence-electron chi connectivity index (χ1n) is 10.5. The topological polar surface area (TPSA) is 84.7 Å². The Morgan fingerprint density at radius 1 is 1.03 bits per heavy atom. The largest absolute Gasteiger partial charge is 0.417 e. The number of hydrogen-bond donors (Lipinski definition) is 1. The van der Waals surface area contributed by atoms with E-state index in [1.807, 2.05) is 6.07 Å². The predicted octanol–water partition coefficient (Wildman–Crippen LogP) is 3.90. The standard InChI is InChI=1S/C23H19F3N6O2/c24-23(25,26)16-5-2-1-4-15(16)17-14-21-27-9-8-18(32(21)30-17)22(33)29-19-6-3-7-20(28-19)31-10-12-34-13-11-31/h1-9,14H,10-13H2,(H,28,29,33). The van der Waals surface area contributed by atoms with Gasteiger partial charge in [0.15, 0.2) is 5.65 Å². The van der Waals surface area contributed by atoms with Gasteiger partial charge in [0.05, 0.1) is 24.5 Å². The fourth-order valence-electron chi connectivity index (χ4n) is 3.79. The first-order chi connectivity index (χ1) is 16.4. The molecule has 0 bridgehead atoms. The van der Waals surface area contributed by atoms with Gasteiger partial charge in [0.25, 0.3) is 5.91 Å². The van der Waals surface area contributed by atoms with Crippen LogP contribution in [0.5, 0.6) is 0 Å². The third kappa shape index (κ3) is 4.29. The zero-order valence-corrected chi connectivity index (χ0v) is 17.8. The number of anilines is 2. The zero-order valence-electron chi connectivity index (χ0n) is 17.8. The molecule has 1 aliphatic heterocycles. The van der Waals surface area contributed by atoms with E-state index < -0.39 is 17.6 Å². The molecule has 8 nitrogen and oxygen atoms in total. The van der Waals surface area contributed by atoms with Crippen molar-refractivity contribution in [2.75, 3.05) is 36.5 Å². The first kappa shape index (κ1) is 21.8. The summed E-state index contributed by atoms with van der Waals surface area (Å²) in [7, 11) is 0. The van der Waals surface area contributed by atoms with Crippen LogP contribution in [0.4, 0.5) is 24.8 Å². The second-order valence-electron chi connectivity index (χ2n) is 7.61. The molecule has 1 N–H and O–H groups in total. The minimum absolute atomic E-state index is 0.0631. The van der Waals surface area contributed by atoms with Gasteiger partial charge in [0.1, 0.15) is 17.3 Å². The van der Waals surface area contributed by atoms with Crippen LogP contribution < -0.4 is 10.2 Å². The monoisotopic (exact) mass is 468 g/mol. The first-order valence-corrected chi connectivity index (χ1v) is 10.5. The third-order valence-corrected chi connectivity index (χ3v) is 5.41. The van der Waals surface area contributed by atoms with Crippen LogP contribution in [-0.2, 0) is 10.9 Å². The molecule has 4 heterocycles. The minimum atomic E-state index is -4.54. The second kappa shape index (κ2) is 8.75. The number of aromatic nitrogens is 4. The number of rotatable bonds is 4. The highest BCUT2D eigenvalue weighted by Crippen LogP contribution is 2.36. The maximum Gasteiger partial charge on any atom is 0.417 e. The average Bonchev–Trinajstić information content (AvgIpc) is 3.29. The van der Waals surface area contributed by atoms with Crippen LogP contribution in [0.2, 0.25) is 0 Å². The number of ether oxygens (including phenoxy) is 1. The van der Waals surface area contributed by atoms with Gasteiger partial charge in [-0.05, 0) is 24.3 Å². The number of morpholine rings is 1. The Labute approximate surface area is 192 Å². The second-order valence-corrected chi connectivity index (χ2v) is 7.61. The molecule has 0 unspecified atom stereocenters. The molecule has 1 saturated heterocycles. The molecule has 1 amide bonds. The van der Waals surface area contributed by atoms with Crippen LogP contribution in [0, 0.1) is 0 Å². The van der Waals surface area contributed by atoms with Crippen LogP contribution in [0.1, 0.15) is 16.1 Å². The van der Waals surface area contributed by atoms with Crippen LogP contribution in [0.3, 0.4) is 0 Å². The fourth-order valence-corrected chi connectivity index (χ4v) is 3.79. The molecule has 1 fully saturated rings. The van der Waals surface area contributed by atoms with E-state index in [9.17, 15) is 18.0 Å². The van der Waals surface area contributed by atoms with Gasteiger partial charge in [-0.2, -0.15) is 18.3 Å². The number of hydrogen-bond acceptors (Lipinski definition) is 6. The number of carbonyl (C=O) groups excluding carboxylic acids is 1. The third-order valence-electron chi connectivity index (χ3n) is 5.41. The highest BCUT2D eigenvalue weighted by Gasteiger charge is 2.34. The van der Waals surface area contributed by atoms with Crippen molar-refractivity contribution in [3.63, 3.8) is 0 Å². The summed E-state index contributed by atoms with van der Waals surface area (Å²) < 4.78 is 47.0. The van der Waals surface area contributed by atoms with Crippen molar-refractivity contribution in [3.05, 3.63) is 72.1 Å². The van der Waals surface area contributed by atoms with E-state index in [4.69, 9.17) is 4.74 Å². The number of benzene rings is 1. The van der Waals surface area contributed by atoms with E-state index in [1.54, 1.807) is 12.1 Å². The molecule has 0 atom stereocenters. The smallest absolute Gasteiger partial charge is 0.378 e. The molecule has 5 rings (SSSR count). The number of halogens is 3. The SMILES string of the molecule is O=C(Nc1cccc(N2CCOCC2)n1)c1ccnc2cc(-c3ccccc3C(F)(F)F)nn12. The van der Waals surface area contributed by atoms with E-state index >= 15 is 0 Å². The van der Waals surface area contributed by atoms with Crippen LogP contribution >= 0.6 is 0 Å². The van der Waals surface area contributed by atoms with Crippen molar-refractivity contribution < 1.29 is 22.7 Å². The number of fused-ring (bicyclic) bond motifs is 1. The van der Waals surface area contributed by atoms with E-state index in [0.29, 0.717) is 37.9 Å². The summed E-state index contributed by atoms with van der Waals surface area (Å²) in [6.07, 6.45) is -3.14. The summed E-state index contributed by atoms with van der Waals surface area (Å²) in [6.45, 7) is 2.61. The Morgan fingerprint density at radius 2 is 1.82 bits per heavy atom. The minimum Gasteiger partial charge on any atom is -0.378 e. The lowest BCUT2D eigenvalue weighted by molar-refractivity contribution is -0.137. The van der Waals surface area contributed by atoms with Crippen molar-refractivity contribution in [1.29, 1.82) is 0 Å². The van der Waals surface area contributed by atoms with Gasteiger partial charge in [-0.15, -0.1) is 0 Å². The van der Waals surface area contributed by atoms with E-state index in [2.05, 4.69) is 25.3 Å². The van der Waals surface area contributed by atoms with E-state index in [0.717, 1.165) is 6.07 Å². The molecular weight excluding hydrogens is 449 g/mol. The lowest BCUT2D eigenvalue weighted by Crippen LogP contribution is -2.36. The van der Waals surface area contributed by atoms with Gasteiger partial charge in [0.2, 0.25) is 0 Å². The molecule has 0 saturated carbocycles. The van der Waals surface area contributed by atoms with Gasteiger partial charge in [-0.25, -0.2) is 14.5 Å². The van der Waals surface area contributed by atoms with Crippen LogP contribution in [-0.4, -0.2) is 51.8 Å². The highest BCUT2D eigenvalue weighted by atomic mass is 19.4. The molecule has 0 spiro atoms. The van der Waals surface area contributed by atoms with Gasteiger partial charge >= 0.3 is 6.18 Å².